The first-order valence-corrected chi connectivity index (χ1v) is 5.61. The molecule has 1 aromatic carbocycles. The lowest BCUT2D eigenvalue weighted by atomic mass is 10.2. The number of nitrogens with zero attached hydrogens (tertiary/aromatic N) is 4. The number of nitro groups is 1. The van der Waals surface area contributed by atoms with Gasteiger partial charge >= 0.3 is 0 Å². The Morgan fingerprint density at radius 3 is 2.81 bits per heavy atom. The highest BCUT2D eigenvalue weighted by atomic mass is 19.1. The van der Waals surface area contributed by atoms with Gasteiger partial charge in [0.2, 0.25) is 0 Å². The van der Waals surface area contributed by atoms with E-state index in [1.54, 1.807) is 0 Å². The van der Waals surface area contributed by atoms with Crippen LogP contribution in [-0.2, 0) is 0 Å². The first kappa shape index (κ1) is 12.8. The Kier molecular flexibility index (Phi) is 2.90. The summed E-state index contributed by atoms with van der Waals surface area (Å²) >= 11 is 0. The number of fused-ring (bicyclic) bond motifs is 1. The molecule has 0 aliphatic carbocycles. The van der Waals surface area contributed by atoms with Crippen LogP contribution in [0.5, 0.6) is 0 Å². The van der Waals surface area contributed by atoms with Crippen molar-refractivity contribution in [3.63, 3.8) is 0 Å². The predicted octanol–water partition coefficient (Wildman–Crippen LogP) is 2.28. The zero-order chi connectivity index (χ0) is 15.0. The molecule has 2 heterocycles. The number of aromatic amines is 1. The van der Waals surface area contributed by atoms with E-state index in [9.17, 15) is 18.9 Å². The molecule has 0 aliphatic rings. The summed E-state index contributed by atoms with van der Waals surface area (Å²) in [5, 5.41) is 13.4. The summed E-state index contributed by atoms with van der Waals surface area (Å²) in [5.41, 5.74) is -0.581. The van der Waals surface area contributed by atoms with Crippen LogP contribution in [0.1, 0.15) is 0 Å². The van der Waals surface area contributed by atoms with Crippen LogP contribution in [0.2, 0.25) is 0 Å². The maximum Gasteiger partial charge on any atom is 0.298 e. The second-order valence-electron chi connectivity index (χ2n) is 3.99. The van der Waals surface area contributed by atoms with Crippen molar-refractivity contribution in [3.05, 3.63) is 46.5 Å². The SMILES string of the molecule is O=[N+]([O-])c1cc(F)cc(F)c1Nc1ncnc2nc[nH]c12. The molecule has 3 rings (SSSR count). The van der Waals surface area contributed by atoms with Crippen molar-refractivity contribution in [2.24, 2.45) is 0 Å². The fraction of sp³-hybridized carbons (Fsp3) is 0. The minimum absolute atomic E-state index is 0.0890. The number of aromatic nitrogens is 4. The van der Waals surface area contributed by atoms with Crippen LogP contribution in [0.25, 0.3) is 11.2 Å². The van der Waals surface area contributed by atoms with Gasteiger partial charge < -0.3 is 10.3 Å². The van der Waals surface area contributed by atoms with Crippen LogP contribution in [0, 0.1) is 21.7 Å². The summed E-state index contributed by atoms with van der Waals surface area (Å²) in [6.07, 6.45) is 2.51. The Labute approximate surface area is 115 Å². The predicted molar refractivity (Wildman–Crippen MR) is 68.0 cm³/mol. The van der Waals surface area contributed by atoms with E-state index in [0.717, 1.165) is 0 Å². The quantitative estimate of drug-likeness (QED) is 0.566. The lowest BCUT2D eigenvalue weighted by Crippen LogP contribution is -2.03. The first-order chi connectivity index (χ1) is 10.1. The van der Waals surface area contributed by atoms with Gasteiger partial charge in [-0.2, -0.15) is 0 Å². The number of hydrogen-bond donors (Lipinski definition) is 2. The van der Waals surface area contributed by atoms with Crippen LogP contribution in [0.3, 0.4) is 0 Å². The van der Waals surface area contributed by atoms with Gasteiger partial charge in [0.1, 0.15) is 17.7 Å². The van der Waals surface area contributed by atoms with Gasteiger partial charge in [0.25, 0.3) is 5.69 Å². The topological polar surface area (TPSA) is 110 Å². The third-order valence-corrected chi connectivity index (χ3v) is 2.70. The largest absolute Gasteiger partial charge is 0.340 e. The van der Waals surface area contributed by atoms with E-state index >= 15 is 0 Å². The van der Waals surface area contributed by atoms with Gasteiger partial charge in [0.05, 0.1) is 17.3 Å². The number of halogens is 2. The zero-order valence-corrected chi connectivity index (χ0v) is 10.2. The number of rotatable bonds is 3. The fourth-order valence-electron chi connectivity index (χ4n) is 1.81. The number of anilines is 2. The lowest BCUT2D eigenvalue weighted by Gasteiger charge is -2.08. The molecule has 21 heavy (non-hydrogen) atoms. The molecule has 0 fully saturated rings. The smallest absolute Gasteiger partial charge is 0.298 e. The summed E-state index contributed by atoms with van der Waals surface area (Å²) < 4.78 is 26.9. The van der Waals surface area contributed by atoms with Crippen LogP contribution < -0.4 is 5.32 Å². The van der Waals surface area contributed by atoms with E-state index in [0.29, 0.717) is 23.3 Å². The maximum atomic E-state index is 13.8. The Balaban J connectivity index is 2.13. The zero-order valence-electron chi connectivity index (χ0n) is 10.2. The van der Waals surface area contributed by atoms with Crippen LogP contribution in [0.15, 0.2) is 24.8 Å². The monoisotopic (exact) mass is 292 g/mol. The standard InChI is InChI=1S/C11H6F2N6O2/c12-5-1-6(13)8(7(2-5)19(20)21)18-11-9-10(15-3-14-9)16-4-17-11/h1-4H,(H2,14,15,16,17,18). The second-order valence-corrected chi connectivity index (χ2v) is 3.99. The first-order valence-electron chi connectivity index (χ1n) is 5.61. The lowest BCUT2D eigenvalue weighted by molar-refractivity contribution is -0.384. The number of benzene rings is 1. The fourth-order valence-corrected chi connectivity index (χ4v) is 1.81. The highest BCUT2D eigenvalue weighted by molar-refractivity contribution is 5.86. The normalized spacial score (nSPS) is 10.8. The van der Waals surface area contributed by atoms with Gasteiger partial charge in [-0.15, -0.1) is 0 Å². The molecular weight excluding hydrogens is 286 g/mol. The summed E-state index contributed by atoms with van der Waals surface area (Å²) in [5.74, 6) is -2.06. The minimum Gasteiger partial charge on any atom is -0.340 e. The molecule has 0 unspecified atom stereocenters. The van der Waals surface area contributed by atoms with Crippen molar-refractivity contribution < 1.29 is 13.7 Å². The summed E-state index contributed by atoms with van der Waals surface area (Å²) in [6, 6.07) is 1.16. The van der Waals surface area contributed by atoms with Crippen molar-refractivity contribution in [2.45, 2.75) is 0 Å². The van der Waals surface area contributed by atoms with Crippen LogP contribution >= 0.6 is 0 Å². The molecule has 8 nitrogen and oxygen atoms in total. The van der Waals surface area contributed by atoms with Gasteiger partial charge in [-0.25, -0.2) is 23.7 Å². The molecule has 0 aliphatic heterocycles. The van der Waals surface area contributed by atoms with Crippen molar-refractivity contribution in [3.8, 4) is 0 Å². The average molecular weight is 292 g/mol. The molecule has 2 N–H and O–H groups in total. The number of H-pyrrole nitrogens is 1. The van der Waals surface area contributed by atoms with Crippen molar-refractivity contribution >= 4 is 28.4 Å². The third kappa shape index (κ3) is 2.22. The highest BCUT2D eigenvalue weighted by Crippen LogP contribution is 2.32. The molecule has 3 aromatic rings. The van der Waals surface area contributed by atoms with E-state index in [1.807, 2.05) is 0 Å². The molecule has 10 heteroatoms. The second kappa shape index (κ2) is 4.74. The molecule has 0 radical (unpaired) electrons. The van der Waals surface area contributed by atoms with E-state index in [-0.39, 0.29) is 5.82 Å². The Morgan fingerprint density at radius 1 is 1.24 bits per heavy atom. The van der Waals surface area contributed by atoms with E-state index in [2.05, 4.69) is 25.3 Å². The van der Waals surface area contributed by atoms with Crippen molar-refractivity contribution in [1.29, 1.82) is 0 Å². The number of imidazole rings is 1. The van der Waals surface area contributed by atoms with Gasteiger partial charge in [0, 0.05) is 6.07 Å². The van der Waals surface area contributed by atoms with E-state index in [4.69, 9.17) is 0 Å². The van der Waals surface area contributed by atoms with Crippen LogP contribution in [0.4, 0.5) is 26.0 Å². The summed E-state index contributed by atoms with van der Waals surface area (Å²) in [4.78, 5) is 24.3. The van der Waals surface area contributed by atoms with Gasteiger partial charge in [-0.05, 0) is 0 Å². The van der Waals surface area contributed by atoms with Gasteiger partial charge in [0.15, 0.2) is 23.0 Å². The molecular formula is C11H6F2N6O2. The highest BCUT2D eigenvalue weighted by Gasteiger charge is 2.22. The molecule has 2 aromatic heterocycles. The summed E-state index contributed by atoms with van der Waals surface area (Å²) in [6.45, 7) is 0. The third-order valence-electron chi connectivity index (χ3n) is 2.70. The van der Waals surface area contributed by atoms with Crippen molar-refractivity contribution in [2.75, 3.05) is 5.32 Å². The van der Waals surface area contributed by atoms with E-state index < -0.39 is 27.9 Å². The van der Waals surface area contributed by atoms with Gasteiger partial charge in [-0.1, -0.05) is 0 Å². The van der Waals surface area contributed by atoms with E-state index in [1.165, 1.54) is 12.7 Å². The molecule has 0 spiro atoms. The molecule has 0 saturated heterocycles. The minimum atomic E-state index is -1.10. The Hall–Kier alpha value is -3.17. The van der Waals surface area contributed by atoms with Crippen molar-refractivity contribution in [1.82, 2.24) is 19.9 Å². The van der Waals surface area contributed by atoms with Gasteiger partial charge in [-0.3, -0.25) is 10.1 Å². The molecule has 0 bridgehead atoms. The number of nitrogens with one attached hydrogen (secondary N) is 2. The Bertz CT molecular complexity index is 850. The average Bonchev–Trinajstić information content (AvgIpc) is 2.90. The number of nitro benzene ring substituents is 1. The Morgan fingerprint density at radius 2 is 2.05 bits per heavy atom. The molecule has 106 valence electrons. The maximum absolute atomic E-state index is 13.8. The molecule has 0 amide bonds. The summed E-state index contributed by atoms with van der Waals surface area (Å²) in [7, 11) is 0. The molecule has 0 atom stereocenters. The number of hydrogen-bond acceptors (Lipinski definition) is 6. The van der Waals surface area contributed by atoms with Crippen LogP contribution in [-0.4, -0.2) is 24.9 Å². The molecule has 0 saturated carbocycles.